The molecule has 0 aliphatic heterocycles. The van der Waals surface area contributed by atoms with Gasteiger partial charge in [0.05, 0.1) is 0 Å². The van der Waals surface area contributed by atoms with Gasteiger partial charge in [0.2, 0.25) is 0 Å². The van der Waals surface area contributed by atoms with E-state index >= 15 is 0 Å². The second-order valence-corrected chi connectivity index (χ2v) is 12.8. The molecule has 0 bridgehead atoms. The molecule has 2 aliphatic carbocycles. The first-order chi connectivity index (χ1) is 18.6. The van der Waals surface area contributed by atoms with E-state index in [1.54, 1.807) is 4.88 Å². The molecule has 2 aliphatic rings. The number of fused-ring (bicyclic) bond motifs is 15. The minimum absolute atomic E-state index is 0.153. The molecule has 0 saturated carbocycles. The van der Waals surface area contributed by atoms with E-state index in [1.807, 2.05) is 11.3 Å². The zero-order chi connectivity index (χ0) is 25.2. The van der Waals surface area contributed by atoms with Crippen molar-refractivity contribution in [2.75, 3.05) is 0 Å². The van der Waals surface area contributed by atoms with E-state index in [4.69, 9.17) is 0 Å². The van der Waals surface area contributed by atoms with E-state index in [2.05, 4.69) is 117 Å². The van der Waals surface area contributed by atoms with Gasteiger partial charge in [-0.05, 0) is 95.2 Å². The molecule has 6 aromatic carbocycles. The third-order valence-electron chi connectivity index (χ3n) is 9.52. The largest absolute Gasteiger partial charge is 0.140 e. The van der Waals surface area contributed by atoms with E-state index in [-0.39, 0.29) is 5.41 Å². The normalized spacial score (nSPS) is 17.7. The summed E-state index contributed by atoms with van der Waals surface area (Å²) in [5.74, 6) is 0.535. The van der Waals surface area contributed by atoms with E-state index in [9.17, 15) is 0 Å². The van der Waals surface area contributed by atoms with Gasteiger partial charge in [-0.3, -0.25) is 0 Å². The van der Waals surface area contributed by atoms with Gasteiger partial charge in [-0.1, -0.05) is 105 Å². The third-order valence-corrected chi connectivity index (χ3v) is 10.7. The molecule has 0 fully saturated rings. The Morgan fingerprint density at radius 1 is 0.632 bits per heavy atom. The first-order valence-electron chi connectivity index (χ1n) is 13.6. The predicted octanol–water partition coefficient (Wildman–Crippen LogP) is 10.5. The summed E-state index contributed by atoms with van der Waals surface area (Å²) >= 11 is 2.02. The molecule has 0 amide bonds. The monoisotopic (exact) mass is 502 g/mol. The predicted molar refractivity (Wildman–Crippen MR) is 166 cm³/mol. The summed E-state index contributed by atoms with van der Waals surface area (Å²) in [6.07, 6.45) is 3.69. The smallest absolute Gasteiger partial charge is 0.0358 e. The van der Waals surface area contributed by atoms with Crippen molar-refractivity contribution >= 4 is 76.2 Å². The van der Waals surface area contributed by atoms with Crippen LogP contribution < -0.4 is 0 Å². The zero-order valence-electron chi connectivity index (χ0n) is 21.5. The third kappa shape index (κ3) is 2.51. The fourth-order valence-corrected chi connectivity index (χ4v) is 8.96. The van der Waals surface area contributed by atoms with Gasteiger partial charge in [-0.15, -0.1) is 11.3 Å². The number of benzene rings is 6. The molecular formula is C37H26S. The quantitative estimate of drug-likeness (QED) is 0.181. The topological polar surface area (TPSA) is 0 Å². The number of hydrogen-bond donors (Lipinski definition) is 0. The van der Waals surface area contributed by atoms with Crippen LogP contribution in [-0.4, -0.2) is 0 Å². The van der Waals surface area contributed by atoms with Crippen molar-refractivity contribution in [3.05, 3.63) is 119 Å². The maximum Gasteiger partial charge on any atom is 0.0358 e. The van der Waals surface area contributed by atoms with Crippen LogP contribution in [0.2, 0.25) is 0 Å². The summed E-state index contributed by atoms with van der Waals surface area (Å²) in [6, 6.07) is 36.4. The molecule has 1 heteroatoms. The summed E-state index contributed by atoms with van der Waals surface area (Å²) < 4.78 is 1.41. The summed E-state index contributed by atoms with van der Waals surface area (Å²) in [7, 11) is 0. The van der Waals surface area contributed by atoms with Gasteiger partial charge in [0.25, 0.3) is 0 Å². The summed E-state index contributed by atoms with van der Waals surface area (Å²) in [5.41, 5.74) is 6.10. The molecule has 0 radical (unpaired) electrons. The number of hydrogen-bond acceptors (Lipinski definition) is 1. The second kappa shape index (κ2) is 7.12. The Bertz CT molecular complexity index is 2190. The Balaban J connectivity index is 1.48. The summed E-state index contributed by atoms with van der Waals surface area (Å²) in [4.78, 5) is 1.55. The van der Waals surface area contributed by atoms with Gasteiger partial charge >= 0.3 is 0 Å². The number of allylic oxidation sites excluding steroid dienone is 1. The molecule has 1 heterocycles. The van der Waals surface area contributed by atoms with Crippen LogP contribution in [0.1, 0.15) is 35.4 Å². The molecule has 1 unspecified atom stereocenters. The number of rotatable bonds is 0. The van der Waals surface area contributed by atoms with Gasteiger partial charge in [0.1, 0.15) is 0 Å². The lowest BCUT2D eigenvalue weighted by Crippen LogP contribution is -2.26. The van der Waals surface area contributed by atoms with Crippen molar-refractivity contribution in [1.82, 2.24) is 0 Å². The first-order valence-corrected chi connectivity index (χ1v) is 14.4. The van der Waals surface area contributed by atoms with Crippen LogP contribution in [0.4, 0.5) is 0 Å². The standard InChI is InChI=1S/C37H26S/c1-37(2)30-14-8-7-12-24(30)28-19-29-33(20-31(28)37)38-32-18-17-27-34-22-10-4-3-9-21(22)15-16-26(34)23-11-5-6-13-25(23)35(27)36(29)32/h3-19,31H,20H2,1-2H3. The Morgan fingerprint density at radius 3 is 2.24 bits per heavy atom. The minimum Gasteiger partial charge on any atom is -0.140 e. The van der Waals surface area contributed by atoms with Crippen molar-refractivity contribution in [1.29, 1.82) is 0 Å². The Hall–Kier alpha value is -3.94. The van der Waals surface area contributed by atoms with E-state index in [1.165, 1.54) is 75.4 Å². The van der Waals surface area contributed by atoms with Crippen molar-refractivity contribution in [3.63, 3.8) is 0 Å². The van der Waals surface area contributed by atoms with Gasteiger partial charge in [-0.2, -0.15) is 0 Å². The average Bonchev–Trinajstić information content (AvgIpc) is 3.43. The van der Waals surface area contributed by atoms with Crippen LogP contribution in [0.25, 0.3) is 64.8 Å². The van der Waals surface area contributed by atoms with Crippen molar-refractivity contribution < 1.29 is 0 Å². The van der Waals surface area contributed by atoms with E-state index in [0.717, 1.165) is 6.42 Å². The highest BCUT2D eigenvalue weighted by Crippen LogP contribution is 2.56. The fourth-order valence-electron chi connectivity index (χ4n) is 7.72. The molecule has 0 saturated heterocycles. The highest BCUT2D eigenvalue weighted by molar-refractivity contribution is 7.19. The lowest BCUT2D eigenvalue weighted by molar-refractivity contribution is 0.412. The molecule has 1 atom stereocenters. The molecular weight excluding hydrogens is 476 g/mol. The molecule has 38 heavy (non-hydrogen) atoms. The lowest BCUT2D eigenvalue weighted by Gasteiger charge is -2.30. The van der Waals surface area contributed by atoms with Crippen molar-refractivity contribution in [3.8, 4) is 0 Å². The summed E-state index contributed by atoms with van der Waals surface area (Å²) in [5, 5.41) is 12.3. The lowest BCUT2D eigenvalue weighted by atomic mass is 9.73. The number of thiophene rings is 1. The van der Waals surface area contributed by atoms with Gasteiger partial charge in [0.15, 0.2) is 0 Å². The Morgan fingerprint density at radius 2 is 1.34 bits per heavy atom. The van der Waals surface area contributed by atoms with Crippen molar-refractivity contribution in [2.45, 2.75) is 25.7 Å². The maximum absolute atomic E-state index is 2.57. The molecule has 9 rings (SSSR count). The SMILES string of the molecule is CC1(C)c2ccccc2C2=Cc3c(sc4ccc5c6c7ccccc7ccc6c6ccccc6c5c34)CC21. The second-order valence-electron chi connectivity index (χ2n) is 11.7. The van der Waals surface area contributed by atoms with Crippen LogP contribution in [0.15, 0.2) is 97.1 Å². The minimum atomic E-state index is 0.153. The molecule has 7 aromatic rings. The van der Waals surface area contributed by atoms with Gasteiger partial charge in [-0.25, -0.2) is 0 Å². The molecule has 0 nitrogen and oxygen atoms in total. The first kappa shape index (κ1) is 21.0. The Kier molecular flexibility index (Phi) is 3.95. The zero-order valence-corrected chi connectivity index (χ0v) is 22.3. The Labute approximate surface area is 225 Å². The molecule has 0 spiro atoms. The molecule has 180 valence electrons. The summed E-state index contributed by atoms with van der Waals surface area (Å²) in [6.45, 7) is 4.88. The van der Waals surface area contributed by atoms with Crippen LogP contribution >= 0.6 is 11.3 Å². The van der Waals surface area contributed by atoms with Gasteiger partial charge < -0.3 is 0 Å². The van der Waals surface area contributed by atoms with Crippen LogP contribution in [0, 0.1) is 5.92 Å². The van der Waals surface area contributed by atoms with Crippen LogP contribution in [0.3, 0.4) is 0 Å². The van der Waals surface area contributed by atoms with Crippen LogP contribution in [-0.2, 0) is 11.8 Å². The van der Waals surface area contributed by atoms with E-state index in [0.29, 0.717) is 5.92 Å². The average molecular weight is 503 g/mol. The van der Waals surface area contributed by atoms with Crippen LogP contribution in [0.5, 0.6) is 0 Å². The molecule has 1 aromatic heterocycles. The highest BCUT2D eigenvalue weighted by atomic mass is 32.1. The highest BCUT2D eigenvalue weighted by Gasteiger charge is 2.44. The molecule has 0 N–H and O–H groups in total. The van der Waals surface area contributed by atoms with E-state index < -0.39 is 0 Å². The van der Waals surface area contributed by atoms with Gasteiger partial charge in [0, 0.05) is 15.0 Å². The fraction of sp³-hybridized carbons (Fsp3) is 0.135. The maximum atomic E-state index is 2.57. The van der Waals surface area contributed by atoms with Crippen molar-refractivity contribution in [2.24, 2.45) is 5.92 Å².